The van der Waals surface area contributed by atoms with Crippen LogP contribution in [0.4, 0.5) is 19.0 Å². The minimum atomic E-state index is -4.62. The lowest BCUT2D eigenvalue weighted by Gasteiger charge is -2.31. The molecule has 0 aromatic carbocycles. The quantitative estimate of drug-likeness (QED) is 0.793. The Morgan fingerprint density at radius 3 is 2.62 bits per heavy atom. The summed E-state index contributed by atoms with van der Waals surface area (Å²) in [5.74, 6) is -1.15. The van der Waals surface area contributed by atoms with Gasteiger partial charge in [0.25, 0.3) is 5.82 Å². The second-order valence-corrected chi connectivity index (χ2v) is 5.50. The second-order valence-electron chi connectivity index (χ2n) is 5.50. The van der Waals surface area contributed by atoms with Gasteiger partial charge in [-0.05, 0) is 31.9 Å². The maximum atomic E-state index is 12.9. The highest BCUT2D eigenvalue weighted by molar-refractivity contribution is 5.72. The SMILES string of the molecule is CCOC(=O)C1CCN(c2ccc3nnc(C(F)(F)F)n3n2)CC1. The molecule has 24 heavy (non-hydrogen) atoms. The normalized spacial score (nSPS) is 16.6. The lowest BCUT2D eigenvalue weighted by atomic mass is 9.97. The largest absolute Gasteiger partial charge is 0.466 e. The smallest absolute Gasteiger partial charge is 0.453 e. The van der Waals surface area contributed by atoms with Crippen molar-refractivity contribution in [1.29, 1.82) is 0 Å². The summed E-state index contributed by atoms with van der Waals surface area (Å²) in [6.45, 7) is 3.13. The van der Waals surface area contributed by atoms with Crippen molar-refractivity contribution in [1.82, 2.24) is 19.8 Å². The number of hydrogen-bond donors (Lipinski definition) is 0. The van der Waals surface area contributed by atoms with Crippen LogP contribution in [-0.2, 0) is 15.7 Å². The van der Waals surface area contributed by atoms with Crippen molar-refractivity contribution in [2.45, 2.75) is 25.9 Å². The van der Waals surface area contributed by atoms with Crippen LogP contribution in [-0.4, -0.2) is 45.5 Å². The average molecular weight is 343 g/mol. The second kappa shape index (κ2) is 6.25. The molecule has 1 aliphatic heterocycles. The number of piperidine rings is 1. The van der Waals surface area contributed by atoms with Gasteiger partial charge < -0.3 is 9.64 Å². The van der Waals surface area contributed by atoms with E-state index in [1.54, 1.807) is 13.0 Å². The molecule has 1 saturated heterocycles. The summed E-state index contributed by atoms with van der Waals surface area (Å²) in [5.41, 5.74) is 0.0347. The van der Waals surface area contributed by atoms with Crippen LogP contribution in [0.15, 0.2) is 12.1 Å². The van der Waals surface area contributed by atoms with Gasteiger partial charge in [0.2, 0.25) is 0 Å². The molecule has 3 heterocycles. The fourth-order valence-corrected chi connectivity index (χ4v) is 2.73. The zero-order chi connectivity index (χ0) is 17.3. The summed E-state index contributed by atoms with van der Waals surface area (Å²) in [7, 11) is 0. The van der Waals surface area contributed by atoms with Gasteiger partial charge in [-0.1, -0.05) is 0 Å². The Kier molecular flexibility index (Phi) is 4.29. The van der Waals surface area contributed by atoms with E-state index in [-0.39, 0.29) is 17.5 Å². The number of halogens is 3. The van der Waals surface area contributed by atoms with E-state index in [2.05, 4.69) is 15.3 Å². The summed E-state index contributed by atoms with van der Waals surface area (Å²) < 4.78 is 44.4. The first-order valence-corrected chi connectivity index (χ1v) is 7.61. The topological polar surface area (TPSA) is 72.6 Å². The van der Waals surface area contributed by atoms with E-state index in [0.29, 0.717) is 42.9 Å². The monoisotopic (exact) mass is 343 g/mol. The van der Waals surface area contributed by atoms with E-state index >= 15 is 0 Å². The summed E-state index contributed by atoms with van der Waals surface area (Å²) in [6, 6.07) is 3.05. The predicted octanol–water partition coefficient (Wildman–Crippen LogP) is 1.92. The molecule has 0 atom stereocenters. The number of hydrogen-bond acceptors (Lipinski definition) is 6. The van der Waals surface area contributed by atoms with Crippen LogP contribution < -0.4 is 4.90 Å². The Morgan fingerprint density at radius 1 is 1.29 bits per heavy atom. The van der Waals surface area contributed by atoms with Gasteiger partial charge in [-0.3, -0.25) is 4.79 Å². The maximum Gasteiger partial charge on any atom is 0.453 e. The van der Waals surface area contributed by atoms with Crippen LogP contribution in [0.2, 0.25) is 0 Å². The zero-order valence-electron chi connectivity index (χ0n) is 13.0. The van der Waals surface area contributed by atoms with Crippen LogP contribution >= 0.6 is 0 Å². The molecular formula is C14H16F3N5O2. The van der Waals surface area contributed by atoms with E-state index in [4.69, 9.17) is 4.74 Å². The van der Waals surface area contributed by atoms with Gasteiger partial charge in [-0.15, -0.1) is 15.3 Å². The van der Waals surface area contributed by atoms with Gasteiger partial charge in [-0.2, -0.15) is 17.7 Å². The highest BCUT2D eigenvalue weighted by Gasteiger charge is 2.38. The van der Waals surface area contributed by atoms with Crippen molar-refractivity contribution in [3.8, 4) is 0 Å². The molecule has 3 rings (SSSR count). The van der Waals surface area contributed by atoms with Gasteiger partial charge in [0, 0.05) is 13.1 Å². The number of esters is 1. The lowest BCUT2D eigenvalue weighted by molar-refractivity contribution is -0.149. The minimum absolute atomic E-state index is 0.0347. The Labute approximate surface area is 135 Å². The summed E-state index contributed by atoms with van der Waals surface area (Å²) in [6.07, 6.45) is -3.47. The van der Waals surface area contributed by atoms with E-state index in [1.165, 1.54) is 6.07 Å². The lowest BCUT2D eigenvalue weighted by Crippen LogP contribution is -2.37. The first kappa shape index (κ1) is 16.5. The molecule has 2 aromatic rings. The van der Waals surface area contributed by atoms with E-state index in [0.717, 1.165) is 0 Å². The predicted molar refractivity (Wildman–Crippen MR) is 77.4 cm³/mol. The van der Waals surface area contributed by atoms with Crippen LogP contribution in [0.3, 0.4) is 0 Å². The number of nitrogens with zero attached hydrogens (tertiary/aromatic N) is 5. The van der Waals surface area contributed by atoms with Crippen LogP contribution in [0, 0.1) is 5.92 Å². The molecule has 0 bridgehead atoms. The number of carbonyl (C=O) groups excluding carboxylic acids is 1. The first-order chi connectivity index (χ1) is 11.4. The Bertz CT molecular complexity index is 738. The third-order valence-corrected chi connectivity index (χ3v) is 3.94. The molecule has 130 valence electrons. The van der Waals surface area contributed by atoms with Gasteiger partial charge in [0.1, 0.15) is 5.82 Å². The Balaban J connectivity index is 1.78. The number of aromatic nitrogens is 4. The van der Waals surface area contributed by atoms with E-state index in [9.17, 15) is 18.0 Å². The third kappa shape index (κ3) is 3.13. The highest BCUT2D eigenvalue weighted by atomic mass is 19.4. The van der Waals surface area contributed by atoms with Gasteiger partial charge in [0.05, 0.1) is 12.5 Å². The molecule has 10 heteroatoms. The summed E-state index contributed by atoms with van der Waals surface area (Å²) >= 11 is 0. The number of carbonyl (C=O) groups is 1. The molecule has 0 saturated carbocycles. The zero-order valence-corrected chi connectivity index (χ0v) is 13.0. The molecule has 0 amide bonds. The molecule has 0 aliphatic carbocycles. The van der Waals surface area contributed by atoms with Crippen molar-refractivity contribution in [2.24, 2.45) is 5.92 Å². The molecule has 2 aromatic heterocycles. The highest BCUT2D eigenvalue weighted by Crippen LogP contribution is 2.28. The Hall–Kier alpha value is -2.39. The molecule has 7 nitrogen and oxygen atoms in total. The summed E-state index contributed by atoms with van der Waals surface area (Å²) in [5, 5.41) is 10.6. The van der Waals surface area contributed by atoms with Crippen LogP contribution in [0.5, 0.6) is 0 Å². The summed E-state index contributed by atoms with van der Waals surface area (Å²) in [4.78, 5) is 13.6. The van der Waals surface area contributed by atoms with Crippen molar-refractivity contribution in [3.63, 3.8) is 0 Å². The number of rotatable bonds is 3. The average Bonchev–Trinajstić information content (AvgIpc) is 2.98. The molecule has 0 N–H and O–H groups in total. The standard InChI is InChI=1S/C14H16F3N5O2/c1-2-24-12(23)9-5-7-21(8-6-9)11-4-3-10-18-19-13(14(15,16)17)22(10)20-11/h3-4,9H,2,5-8H2,1H3. The van der Waals surface area contributed by atoms with E-state index < -0.39 is 12.0 Å². The van der Waals surface area contributed by atoms with Gasteiger partial charge in [0.15, 0.2) is 5.65 Å². The molecular weight excluding hydrogens is 327 g/mol. The minimum Gasteiger partial charge on any atom is -0.466 e. The molecule has 0 unspecified atom stereocenters. The fourth-order valence-electron chi connectivity index (χ4n) is 2.73. The third-order valence-electron chi connectivity index (χ3n) is 3.94. The van der Waals surface area contributed by atoms with Crippen molar-refractivity contribution in [2.75, 3.05) is 24.6 Å². The molecule has 1 aliphatic rings. The molecule has 0 spiro atoms. The first-order valence-electron chi connectivity index (χ1n) is 7.61. The number of fused-ring (bicyclic) bond motifs is 1. The fraction of sp³-hybridized carbons (Fsp3) is 0.571. The number of ether oxygens (including phenoxy) is 1. The van der Waals surface area contributed by atoms with Gasteiger partial charge in [-0.25, -0.2) is 0 Å². The molecule has 1 fully saturated rings. The van der Waals surface area contributed by atoms with Gasteiger partial charge >= 0.3 is 12.1 Å². The maximum absolute atomic E-state index is 12.9. The van der Waals surface area contributed by atoms with E-state index in [1.807, 2.05) is 4.90 Å². The van der Waals surface area contributed by atoms with Crippen molar-refractivity contribution < 1.29 is 22.7 Å². The van der Waals surface area contributed by atoms with Crippen LogP contribution in [0.25, 0.3) is 5.65 Å². The van der Waals surface area contributed by atoms with Crippen molar-refractivity contribution in [3.05, 3.63) is 18.0 Å². The van der Waals surface area contributed by atoms with Crippen molar-refractivity contribution >= 4 is 17.4 Å². The van der Waals surface area contributed by atoms with Crippen LogP contribution in [0.1, 0.15) is 25.6 Å². The Morgan fingerprint density at radius 2 is 2.00 bits per heavy atom. The number of anilines is 1. The molecule has 0 radical (unpaired) electrons. The number of alkyl halides is 3.